The number of H-pyrrole nitrogens is 1. The molecule has 2 fully saturated rings. The molecule has 2 aliphatic rings. The summed E-state index contributed by atoms with van der Waals surface area (Å²) in [7, 11) is -7.99. The topological polar surface area (TPSA) is 341 Å². The number of hydrogen-bond donors (Lipinski definition) is 8. The number of anilines is 2. The molecule has 242 valence electrons. The van der Waals surface area contributed by atoms with Gasteiger partial charge in [-0.15, -0.1) is 0 Å². The number of nitrogens with two attached hydrogens (primary N) is 2. The van der Waals surface area contributed by atoms with Gasteiger partial charge in [-0.2, -0.15) is 14.9 Å². The highest BCUT2D eigenvalue weighted by molar-refractivity contribution is 7.47. The van der Waals surface area contributed by atoms with E-state index >= 15 is 0 Å². The molecule has 0 radical (unpaired) electrons. The number of ether oxygens (including phenoxy) is 3. The van der Waals surface area contributed by atoms with Crippen LogP contribution in [0.5, 0.6) is 0 Å². The van der Waals surface area contributed by atoms with Crippen LogP contribution in [0, 0.1) is 0 Å². The Morgan fingerprint density at radius 1 is 1.02 bits per heavy atom. The van der Waals surface area contributed by atoms with E-state index in [-0.39, 0.29) is 28.7 Å². The molecular weight excluding hydrogens is 650 g/mol. The molecule has 2 aliphatic heterocycles. The van der Waals surface area contributed by atoms with Crippen LogP contribution in [0.25, 0.3) is 22.3 Å². The molecule has 23 nitrogen and oxygen atoms in total. The standard InChI is InChI=1S/C20H24N10O13P2/c21-19-23-1-6-13(26-19)29(3-24-6)16-10(32)9(31)7(41-16)2-40-45(37,38)43-12-11(33)18(39-5-44(35)36)42-17(12)30-4-25-8-14(30)27-20(22)28-15(8)34/h1,3-4,7,9-12,16-18,31-33H,2,5H2,(H6-,21,22,23,26,27,28,34,35,36,37,38)/p+1/t7-,9+,10+,11-,12+,16-,17-,18+/m1/s1. The summed E-state index contributed by atoms with van der Waals surface area (Å²) in [4.78, 5) is 54.1. The Labute approximate surface area is 249 Å². The Morgan fingerprint density at radius 3 is 2.51 bits per heavy atom. The highest BCUT2D eigenvalue weighted by Crippen LogP contribution is 2.50. The first-order valence-electron chi connectivity index (χ1n) is 12.8. The van der Waals surface area contributed by atoms with Crippen LogP contribution in [0.4, 0.5) is 11.9 Å². The van der Waals surface area contributed by atoms with Crippen LogP contribution in [0.2, 0.25) is 0 Å². The Kier molecular flexibility index (Phi) is 8.36. The molecule has 25 heteroatoms. The Balaban J connectivity index is 1.20. The monoisotopic (exact) mass is 675 g/mol. The van der Waals surface area contributed by atoms with Crippen molar-refractivity contribution in [1.82, 2.24) is 39.0 Å². The maximum Gasteiger partial charge on any atom is 0.534 e. The average molecular weight is 675 g/mol. The molecule has 2 saturated heterocycles. The van der Waals surface area contributed by atoms with E-state index in [9.17, 15) is 34.1 Å². The smallest absolute Gasteiger partial charge is 0.387 e. The molecule has 0 aliphatic carbocycles. The van der Waals surface area contributed by atoms with Gasteiger partial charge >= 0.3 is 15.9 Å². The van der Waals surface area contributed by atoms with Crippen LogP contribution in [0.3, 0.4) is 0 Å². The zero-order valence-corrected chi connectivity index (χ0v) is 24.2. The number of phosphoric ester groups is 1. The predicted octanol–water partition coefficient (Wildman–Crippen LogP) is -2.83. The summed E-state index contributed by atoms with van der Waals surface area (Å²) in [5.74, 6) is -0.388. The molecule has 4 aromatic heterocycles. The van der Waals surface area contributed by atoms with Gasteiger partial charge in [0.1, 0.15) is 36.0 Å². The summed E-state index contributed by atoms with van der Waals surface area (Å²) in [6.07, 6.45) is -9.80. The second-order valence-electron chi connectivity index (χ2n) is 9.78. The third-order valence-electron chi connectivity index (χ3n) is 6.85. The van der Waals surface area contributed by atoms with Gasteiger partial charge < -0.3 is 45.9 Å². The lowest BCUT2D eigenvalue weighted by atomic mass is 10.1. The highest BCUT2D eigenvalue weighted by Gasteiger charge is 2.52. The highest BCUT2D eigenvalue weighted by atomic mass is 31.2. The van der Waals surface area contributed by atoms with E-state index in [1.165, 1.54) is 17.1 Å². The molecule has 0 bridgehead atoms. The molecular formula is C20H25N10O13P2+. The number of hydrogen-bond acceptors (Lipinski definition) is 18. The molecule has 0 spiro atoms. The fourth-order valence-electron chi connectivity index (χ4n) is 4.84. The molecule has 4 aromatic rings. The second kappa shape index (κ2) is 12.0. The number of aromatic amines is 1. The lowest BCUT2D eigenvalue weighted by Crippen LogP contribution is -2.36. The normalized spacial score (nSPS) is 30.3. The van der Waals surface area contributed by atoms with Crippen molar-refractivity contribution in [3.63, 3.8) is 0 Å². The van der Waals surface area contributed by atoms with Gasteiger partial charge in [0.2, 0.25) is 11.9 Å². The van der Waals surface area contributed by atoms with Crippen molar-refractivity contribution in [2.24, 2.45) is 0 Å². The number of nitrogen functional groups attached to an aromatic ring is 2. The Morgan fingerprint density at radius 2 is 1.76 bits per heavy atom. The minimum absolute atomic E-state index is 0.0838. The van der Waals surface area contributed by atoms with E-state index in [1.807, 2.05) is 0 Å². The van der Waals surface area contributed by atoms with Crippen molar-refractivity contribution in [3.8, 4) is 0 Å². The van der Waals surface area contributed by atoms with Crippen molar-refractivity contribution < 1.29 is 57.5 Å². The van der Waals surface area contributed by atoms with Crippen LogP contribution >= 0.6 is 15.9 Å². The zero-order chi connectivity index (χ0) is 32.2. The molecule has 0 aromatic carbocycles. The molecule has 6 rings (SSSR count). The quantitative estimate of drug-likeness (QED) is 0.0785. The summed E-state index contributed by atoms with van der Waals surface area (Å²) in [5, 5.41) is 32.1. The zero-order valence-electron chi connectivity index (χ0n) is 22.4. The molecule has 45 heavy (non-hydrogen) atoms. The summed E-state index contributed by atoms with van der Waals surface area (Å²) < 4.78 is 53.3. The SMILES string of the molecule is Nc1ncc2ncn([C@@H]3O[C@H](COP(=O)(O)O[C@H]4[C@@H](O)[C@@H](OC[P+](=O)O)O[C@H]4n4cnc5c(=O)[nH]c(N)nc54)[C@H](O)[C@@H]3O)c2n1. The largest absolute Gasteiger partial charge is 0.534 e. The number of aliphatic hydroxyl groups excluding tert-OH is 3. The van der Waals surface area contributed by atoms with Crippen molar-refractivity contribution in [3.05, 3.63) is 29.2 Å². The summed E-state index contributed by atoms with van der Waals surface area (Å²) in [6.45, 7) is -0.799. The van der Waals surface area contributed by atoms with Crippen molar-refractivity contribution in [1.29, 1.82) is 0 Å². The van der Waals surface area contributed by atoms with Gasteiger partial charge in [0, 0.05) is 0 Å². The Bertz CT molecular complexity index is 1850. The van der Waals surface area contributed by atoms with Crippen molar-refractivity contribution in [2.75, 3.05) is 24.4 Å². The minimum atomic E-state index is -5.16. The van der Waals surface area contributed by atoms with E-state index in [0.29, 0.717) is 5.52 Å². The van der Waals surface area contributed by atoms with Gasteiger partial charge in [0.05, 0.1) is 25.5 Å². The van der Waals surface area contributed by atoms with Crippen LogP contribution in [0.15, 0.2) is 23.6 Å². The molecule has 6 heterocycles. The Hall–Kier alpha value is -3.57. The predicted molar refractivity (Wildman–Crippen MR) is 145 cm³/mol. The van der Waals surface area contributed by atoms with Gasteiger partial charge in [-0.25, -0.2) is 19.5 Å². The van der Waals surface area contributed by atoms with E-state index in [4.69, 9.17) is 39.6 Å². The average Bonchev–Trinajstić information content (AvgIpc) is 3.72. The fourth-order valence-corrected chi connectivity index (χ4v) is 6.04. The fraction of sp³-hybridized carbons (Fsp3) is 0.500. The first kappa shape index (κ1) is 31.4. The first-order valence-corrected chi connectivity index (χ1v) is 15.7. The number of phosphoric acid groups is 1. The van der Waals surface area contributed by atoms with Gasteiger partial charge in [-0.1, -0.05) is 0 Å². The lowest BCUT2D eigenvalue weighted by molar-refractivity contribution is -0.166. The number of fused-ring (bicyclic) bond motifs is 2. The number of aromatic nitrogens is 8. The third-order valence-corrected chi connectivity index (χ3v) is 8.20. The molecule has 10 N–H and O–H groups in total. The summed E-state index contributed by atoms with van der Waals surface area (Å²) >= 11 is 0. The summed E-state index contributed by atoms with van der Waals surface area (Å²) in [5.41, 5.74) is 10.7. The van der Waals surface area contributed by atoms with Gasteiger partial charge in [0.15, 0.2) is 35.6 Å². The van der Waals surface area contributed by atoms with E-state index < -0.39 is 83.6 Å². The molecule has 0 saturated carbocycles. The first-order chi connectivity index (χ1) is 21.3. The van der Waals surface area contributed by atoms with E-state index in [2.05, 4.69) is 29.9 Å². The number of rotatable bonds is 10. The number of aliphatic hydroxyl groups is 3. The molecule has 10 atom stereocenters. The van der Waals surface area contributed by atoms with Gasteiger partial charge in [-0.3, -0.25) is 28.0 Å². The van der Waals surface area contributed by atoms with E-state index in [1.54, 1.807) is 0 Å². The number of imidazole rings is 2. The minimum Gasteiger partial charge on any atom is -0.387 e. The molecule has 2 unspecified atom stereocenters. The van der Waals surface area contributed by atoms with Gasteiger partial charge in [0.25, 0.3) is 11.9 Å². The third kappa shape index (κ3) is 6.04. The summed E-state index contributed by atoms with van der Waals surface area (Å²) in [6, 6.07) is 0. The maximum absolute atomic E-state index is 13.1. The van der Waals surface area contributed by atoms with Crippen molar-refractivity contribution >= 4 is 50.1 Å². The lowest BCUT2D eigenvalue weighted by Gasteiger charge is -2.24. The number of nitrogens with one attached hydrogen (secondary N) is 1. The van der Waals surface area contributed by atoms with Crippen molar-refractivity contribution in [2.45, 2.75) is 49.3 Å². The van der Waals surface area contributed by atoms with Crippen LogP contribution in [0.1, 0.15) is 12.5 Å². The van der Waals surface area contributed by atoms with E-state index in [0.717, 1.165) is 10.9 Å². The second-order valence-corrected chi connectivity index (χ2v) is 12.1. The van der Waals surface area contributed by atoms with Crippen LogP contribution in [-0.2, 0) is 32.4 Å². The number of nitrogens with zero attached hydrogens (tertiary/aromatic N) is 7. The van der Waals surface area contributed by atoms with Crippen LogP contribution < -0.4 is 17.0 Å². The van der Waals surface area contributed by atoms with Crippen LogP contribution in [-0.4, -0.2) is 114 Å². The maximum atomic E-state index is 13.1. The van der Waals surface area contributed by atoms with Gasteiger partial charge in [-0.05, 0) is 4.57 Å². The molecule has 0 amide bonds.